The van der Waals surface area contributed by atoms with Crippen LogP contribution < -0.4 is 5.32 Å². The summed E-state index contributed by atoms with van der Waals surface area (Å²) in [6.07, 6.45) is 2.41. The zero-order valence-electron chi connectivity index (χ0n) is 23.7. The highest BCUT2D eigenvalue weighted by Gasteiger charge is 2.34. The van der Waals surface area contributed by atoms with Gasteiger partial charge in [0.25, 0.3) is 5.91 Å². The molecule has 1 aliphatic heterocycles. The third kappa shape index (κ3) is 7.05. The van der Waals surface area contributed by atoms with Crippen molar-refractivity contribution >= 4 is 11.6 Å². The summed E-state index contributed by atoms with van der Waals surface area (Å²) in [6.45, 7) is 7.02. The molecule has 1 amide bonds. The van der Waals surface area contributed by atoms with Crippen LogP contribution in [0.3, 0.4) is 0 Å². The summed E-state index contributed by atoms with van der Waals surface area (Å²) in [5.74, 6) is 5.67. The Morgan fingerprint density at radius 1 is 1.00 bits per heavy atom. The number of aromatic nitrogens is 3. The van der Waals surface area contributed by atoms with Crippen LogP contribution in [0.2, 0.25) is 0 Å². The van der Waals surface area contributed by atoms with Crippen LogP contribution in [0.1, 0.15) is 43.9 Å². The molecule has 0 bridgehead atoms. The Kier molecular flexibility index (Phi) is 8.43. The fourth-order valence-corrected chi connectivity index (χ4v) is 4.74. The SMILES string of the molecule is Cc1cn(-c2cncc(C#Cc3cc(C(=O)Nc4ccc(CN5CCN(C)CC5)c(C(F)(F)F)c4)ccc3C)c2)cn1. The van der Waals surface area contributed by atoms with Gasteiger partial charge in [0.15, 0.2) is 0 Å². The quantitative estimate of drug-likeness (QED) is 0.329. The molecule has 1 N–H and O–H groups in total. The summed E-state index contributed by atoms with van der Waals surface area (Å²) in [4.78, 5) is 25.7. The van der Waals surface area contributed by atoms with Gasteiger partial charge in [0, 0.05) is 67.5 Å². The van der Waals surface area contributed by atoms with Crippen molar-refractivity contribution in [2.24, 2.45) is 0 Å². The Hall–Kier alpha value is -4.46. The lowest BCUT2D eigenvalue weighted by molar-refractivity contribution is -0.138. The Morgan fingerprint density at radius 2 is 1.79 bits per heavy atom. The number of carbonyl (C=O) groups excluding carboxylic acids is 1. The van der Waals surface area contributed by atoms with Crippen LogP contribution in [-0.4, -0.2) is 63.5 Å². The first-order chi connectivity index (χ1) is 20.0. The van der Waals surface area contributed by atoms with Gasteiger partial charge >= 0.3 is 6.18 Å². The average molecular weight is 573 g/mol. The number of hydrogen-bond acceptors (Lipinski definition) is 5. The molecule has 0 unspecified atom stereocenters. The number of hydrogen-bond donors (Lipinski definition) is 1. The molecule has 0 radical (unpaired) electrons. The van der Waals surface area contributed by atoms with Crippen molar-refractivity contribution in [1.29, 1.82) is 0 Å². The number of amides is 1. The number of piperazine rings is 1. The summed E-state index contributed by atoms with van der Waals surface area (Å²) < 4.78 is 43.8. The molecular weight excluding hydrogens is 541 g/mol. The first-order valence-electron chi connectivity index (χ1n) is 13.6. The maximum absolute atomic E-state index is 14.0. The number of carbonyl (C=O) groups is 1. The standard InChI is InChI=1S/C32H31F3N6O/c1-22-4-6-26(15-25(22)7-5-24-14-29(18-36-17-24)41-19-23(2)37-21-41)31(42)38-28-9-8-27(30(16-28)32(33,34)35)20-40-12-10-39(3)11-13-40/h4,6,8-9,14-19,21H,10-13,20H2,1-3H3,(H,38,42). The number of pyridine rings is 1. The van der Waals surface area contributed by atoms with Crippen molar-refractivity contribution in [1.82, 2.24) is 24.3 Å². The molecule has 4 aromatic rings. The lowest BCUT2D eigenvalue weighted by Gasteiger charge is -2.33. The number of anilines is 1. The highest BCUT2D eigenvalue weighted by atomic mass is 19.4. The summed E-state index contributed by atoms with van der Waals surface area (Å²) in [7, 11) is 2.00. The number of imidazole rings is 1. The molecule has 0 aliphatic carbocycles. The topological polar surface area (TPSA) is 66.3 Å². The monoisotopic (exact) mass is 572 g/mol. The molecule has 2 aromatic carbocycles. The van der Waals surface area contributed by atoms with E-state index in [-0.39, 0.29) is 17.8 Å². The van der Waals surface area contributed by atoms with E-state index in [0.29, 0.717) is 29.8 Å². The maximum atomic E-state index is 14.0. The van der Waals surface area contributed by atoms with Gasteiger partial charge in [0.1, 0.15) is 0 Å². The van der Waals surface area contributed by atoms with Gasteiger partial charge < -0.3 is 14.8 Å². The molecule has 10 heteroatoms. The van der Waals surface area contributed by atoms with Crippen LogP contribution in [-0.2, 0) is 12.7 Å². The molecule has 1 fully saturated rings. The molecule has 7 nitrogen and oxygen atoms in total. The summed E-state index contributed by atoms with van der Waals surface area (Å²) in [5, 5.41) is 2.63. The third-order valence-electron chi connectivity index (χ3n) is 7.24. The Balaban J connectivity index is 1.33. The van der Waals surface area contributed by atoms with E-state index < -0.39 is 17.6 Å². The maximum Gasteiger partial charge on any atom is 0.416 e. The molecule has 3 heterocycles. The molecule has 0 spiro atoms. The number of aryl methyl sites for hydroxylation is 2. The lowest BCUT2D eigenvalue weighted by atomic mass is 10.0. The van der Waals surface area contributed by atoms with Gasteiger partial charge in [-0.15, -0.1) is 0 Å². The van der Waals surface area contributed by atoms with Crippen LogP contribution >= 0.6 is 0 Å². The first-order valence-corrected chi connectivity index (χ1v) is 13.6. The fourth-order valence-electron chi connectivity index (χ4n) is 4.74. The van der Waals surface area contributed by atoms with E-state index in [1.807, 2.05) is 42.6 Å². The van der Waals surface area contributed by atoms with Crippen molar-refractivity contribution in [2.75, 3.05) is 38.5 Å². The second-order valence-electron chi connectivity index (χ2n) is 10.5. The molecule has 2 aromatic heterocycles. The first kappa shape index (κ1) is 29.0. The summed E-state index contributed by atoms with van der Waals surface area (Å²) >= 11 is 0. The van der Waals surface area contributed by atoms with Crippen LogP contribution in [0.5, 0.6) is 0 Å². The number of nitrogens with one attached hydrogen (secondary N) is 1. The zero-order valence-corrected chi connectivity index (χ0v) is 23.7. The van der Waals surface area contributed by atoms with Gasteiger partial charge in [-0.2, -0.15) is 13.2 Å². The van der Waals surface area contributed by atoms with Crippen molar-refractivity contribution < 1.29 is 18.0 Å². The number of halogens is 3. The predicted octanol–water partition coefficient (Wildman–Crippen LogP) is 5.30. The van der Waals surface area contributed by atoms with Gasteiger partial charge in [-0.25, -0.2) is 4.98 Å². The Labute approximate surface area is 243 Å². The molecule has 0 saturated carbocycles. The van der Waals surface area contributed by atoms with Crippen LogP contribution in [0.4, 0.5) is 18.9 Å². The van der Waals surface area contributed by atoms with E-state index in [1.165, 1.54) is 12.1 Å². The highest BCUT2D eigenvalue weighted by molar-refractivity contribution is 6.04. The second-order valence-corrected chi connectivity index (χ2v) is 10.5. The Morgan fingerprint density at radius 3 is 2.50 bits per heavy atom. The van der Waals surface area contributed by atoms with E-state index in [2.05, 4.69) is 32.0 Å². The molecular formula is C32H31F3N6O. The number of nitrogens with zero attached hydrogens (tertiary/aromatic N) is 5. The molecule has 216 valence electrons. The van der Waals surface area contributed by atoms with Crippen molar-refractivity contribution in [3.05, 3.63) is 106 Å². The van der Waals surface area contributed by atoms with Crippen molar-refractivity contribution in [3.63, 3.8) is 0 Å². The van der Waals surface area contributed by atoms with Crippen LogP contribution in [0.15, 0.2) is 67.4 Å². The summed E-state index contributed by atoms with van der Waals surface area (Å²) in [6, 6.07) is 10.9. The fraction of sp³-hybridized carbons (Fsp3) is 0.281. The van der Waals surface area contributed by atoms with E-state index >= 15 is 0 Å². The molecule has 1 saturated heterocycles. The third-order valence-corrected chi connectivity index (χ3v) is 7.24. The number of alkyl halides is 3. The molecule has 1 aliphatic rings. The van der Waals surface area contributed by atoms with Gasteiger partial charge in [-0.05, 0) is 62.4 Å². The average Bonchev–Trinajstić information content (AvgIpc) is 3.40. The van der Waals surface area contributed by atoms with Gasteiger partial charge in [-0.1, -0.05) is 24.0 Å². The largest absolute Gasteiger partial charge is 0.416 e. The highest BCUT2D eigenvalue weighted by Crippen LogP contribution is 2.34. The zero-order chi connectivity index (χ0) is 29.9. The van der Waals surface area contributed by atoms with Crippen molar-refractivity contribution in [2.45, 2.75) is 26.6 Å². The molecule has 5 rings (SSSR count). The van der Waals surface area contributed by atoms with Gasteiger partial charge in [-0.3, -0.25) is 14.7 Å². The van der Waals surface area contributed by atoms with Crippen LogP contribution in [0.25, 0.3) is 5.69 Å². The smallest absolute Gasteiger partial charge is 0.322 e. The van der Waals surface area contributed by atoms with Crippen LogP contribution in [0, 0.1) is 25.7 Å². The molecule has 0 atom stereocenters. The lowest BCUT2D eigenvalue weighted by Crippen LogP contribution is -2.44. The number of benzene rings is 2. The van der Waals surface area contributed by atoms with E-state index in [9.17, 15) is 18.0 Å². The number of rotatable bonds is 5. The Bertz CT molecular complexity index is 1660. The number of likely N-dealkylation sites (N-methyl/N-ethyl adjacent to an activating group) is 1. The predicted molar refractivity (Wildman–Crippen MR) is 155 cm³/mol. The minimum Gasteiger partial charge on any atom is -0.322 e. The summed E-state index contributed by atoms with van der Waals surface area (Å²) in [5.41, 5.74) is 3.71. The minimum atomic E-state index is -4.54. The van der Waals surface area contributed by atoms with E-state index in [4.69, 9.17) is 0 Å². The van der Waals surface area contributed by atoms with E-state index in [0.717, 1.165) is 36.1 Å². The second kappa shape index (κ2) is 12.2. The van der Waals surface area contributed by atoms with Gasteiger partial charge in [0.05, 0.1) is 29.5 Å². The van der Waals surface area contributed by atoms with Crippen molar-refractivity contribution in [3.8, 4) is 17.5 Å². The van der Waals surface area contributed by atoms with E-state index in [1.54, 1.807) is 36.9 Å². The minimum absolute atomic E-state index is 0.0836. The normalized spacial score (nSPS) is 14.3. The molecule has 42 heavy (non-hydrogen) atoms. The van der Waals surface area contributed by atoms with Gasteiger partial charge in [0.2, 0.25) is 0 Å².